The molecule has 0 fully saturated rings. The maximum absolute atomic E-state index is 2.41. The lowest BCUT2D eigenvalue weighted by molar-refractivity contribution is 0.773. The Bertz CT molecular complexity index is 3070. The number of fused-ring (bicyclic) bond motifs is 12. The van der Waals surface area contributed by atoms with E-state index in [4.69, 9.17) is 0 Å². The summed E-state index contributed by atoms with van der Waals surface area (Å²) in [7, 11) is 0. The van der Waals surface area contributed by atoms with E-state index >= 15 is 0 Å². The molecule has 0 heteroatoms. The summed E-state index contributed by atoms with van der Waals surface area (Å²) < 4.78 is 0. The minimum Gasteiger partial charge on any atom is -0.0619 e. The van der Waals surface area contributed by atoms with Gasteiger partial charge in [0.25, 0.3) is 0 Å². The van der Waals surface area contributed by atoms with Crippen molar-refractivity contribution in [3.8, 4) is 44.5 Å². The van der Waals surface area contributed by atoms with Crippen molar-refractivity contribution in [2.75, 3.05) is 0 Å². The summed E-state index contributed by atoms with van der Waals surface area (Å²) in [5.74, 6) is 0. The number of hydrogen-bond donors (Lipinski definition) is 0. The van der Waals surface area contributed by atoms with Gasteiger partial charge < -0.3 is 0 Å². The number of rotatable bonds is 2. The molecule has 10 aromatic carbocycles. The van der Waals surface area contributed by atoms with Gasteiger partial charge in [-0.05, 0) is 110 Å². The molecule has 0 N–H and O–H groups in total. The van der Waals surface area contributed by atoms with Crippen molar-refractivity contribution in [2.45, 2.75) is 5.41 Å². The highest BCUT2D eigenvalue weighted by molar-refractivity contribution is 6.26. The molecule has 0 atom stereocenters. The topological polar surface area (TPSA) is 0 Å². The van der Waals surface area contributed by atoms with Crippen LogP contribution in [0.1, 0.15) is 22.3 Å². The highest BCUT2D eigenvalue weighted by Crippen LogP contribution is 2.62. The van der Waals surface area contributed by atoms with Crippen molar-refractivity contribution in [2.24, 2.45) is 0 Å². The molecule has 0 saturated heterocycles. The van der Waals surface area contributed by atoms with E-state index in [1.807, 2.05) is 0 Å². The van der Waals surface area contributed by atoms with Gasteiger partial charge in [-0.1, -0.05) is 194 Å². The molecule has 0 aliphatic heterocycles. The van der Waals surface area contributed by atoms with Gasteiger partial charge in [-0.25, -0.2) is 0 Å². The van der Waals surface area contributed by atoms with Crippen molar-refractivity contribution >= 4 is 43.1 Å². The Hall–Kier alpha value is -6.76. The first-order valence-electron chi connectivity index (χ1n) is 18.6. The van der Waals surface area contributed by atoms with Crippen LogP contribution in [0.3, 0.4) is 0 Å². The van der Waals surface area contributed by atoms with E-state index in [2.05, 4.69) is 194 Å². The molecule has 2 aliphatic rings. The van der Waals surface area contributed by atoms with Crippen LogP contribution in [0.15, 0.2) is 194 Å². The molecule has 0 radical (unpaired) electrons. The summed E-state index contributed by atoms with van der Waals surface area (Å²) in [6, 6.07) is 72.8. The molecule has 244 valence electrons. The zero-order valence-corrected chi connectivity index (χ0v) is 29.0. The predicted octanol–water partition coefficient (Wildman–Crippen LogP) is 14.0. The Morgan fingerprint density at radius 2 is 0.585 bits per heavy atom. The minimum absolute atomic E-state index is 0.419. The normalized spacial score (nSPS) is 13.4. The molecule has 1 spiro atoms. The van der Waals surface area contributed by atoms with Crippen molar-refractivity contribution in [1.82, 2.24) is 0 Å². The van der Waals surface area contributed by atoms with Crippen molar-refractivity contribution in [1.29, 1.82) is 0 Å². The maximum atomic E-state index is 2.41. The van der Waals surface area contributed by atoms with Gasteiger partial charge in [0.15, 0.2) is 0 Å². The molecule has 0 saturated carbocycles. The zero-order valence-electron chi connectivity index (χ0n) is 29.0. The monoisotopic (exact) mass is 668 g/mol. The van der Waals surface area contributed by atoms with Crippen molar-refractivity contribution in [3.63, 3.8) is 0 Å². The van der Waals surface area contributed by atoms with Crippen molar-refractivity contribution < 1.29 is 0 Å². The summed E-state index contributed by atoms with van der Waals surface area (Å²) in [6.45, 7) is 0. The first-order chi connectivity index (χ1) is 26.3. The highest BCUT2D eigenvalue weighted by atomic mass is 14.5. The highest BCUT2D eigenvalue weighted by Gasteiger charge is 2.49. The second-order valence-corrected chi connectivity index (χ2v) is 14.6. The zero-order chi connectivity index (χ0) is 34.7. The average molecular weight is 669 g/mol. The summed E-state index contributed by atoms with van der Waals surface area (Å²) in [5, 5.41) is 10.3. The third kappa shape index (κ3) is 3.65. The van der Waals surface area contributed by atoms with E-state index in [1.165, 1.54) is 110 Å². The van der Waals surface area contributed by atoms with Crippen LogP contribution >= 0.6 is 0 Å². The molecular weight excluding hydrogens is 637 g/mol. The van der Waals surface area contributed by atoms with Crippen LogP contribution in [-0.4, -0.2) is 0 Å². The standard InChI is InChI=1S/C53H32/c1-2-17-34-33(15-1)16-13-25-38(34)50-39-21-3-5-23-41(39)51(42-24-6-4-22-40(42)50)45-32-31-44-37-20-9-12-29-48(37)53(49-30-14-26-43(45)52(44)49)46-27-10-7-18-35(46)36-19-8-11-28-47(36)53/h1-32H. The van der Waals surface area contributed by atoms with Gasteiger partial charge in [0.1, 0.15) is 0 Å². The molecule has 0 aromatic heterocycles. The average Bonchev–Trinajstić information content (AvgIpc) is 3.52. The Balaban J connectivity index is 1.23. The summed E-state index contributed by atoms with van der Waals surface area (Å²) in [4.78, 5) is 0. The van der Waals surface area contributed by atoms with Crippen LogP contribution in [-0.2, 0) is 5.41 Å². The van der Waals surface area contributed by atoms with Gasteiger partial charge in [-0.15, -0.1) is 0 Å². The van der Waals surface area contributed by atoms with Gasteiger partial charge in [0.05, 0.1) is 5.41 Å². The van der Waals surface area contributed by atoms with Crippen LogP contribution in [0.4, 0.5) is 0 Å². The van der Waals surface area contributed by atoms with E-state index in [0.29, 0.717) is 0 Å². The lowest BCUT2D eigenvalue weighted by atomic mass is 9.61. The van der Waals surface area contributed by atoms with Gasteiger partial charge in [-0.2, -0.15) is 0 Å². The first-order valence-corrected chi connectivity index (χ1v) is 18.6. The van der Waals surface area contributed by atoms with Crippen LogP contribution in [0, 0.1) is 0 Å². The largest absolute Gasteiger partial charge is 0.0725 e. The smallest absolute Gasteiger partial charge is 0.0619 e. The van der Waals surface area contributed by atoms with Crippen LogP contribution < -0.4 is 0 Å². The third-order valence-electron chi connectivity index (χ3n) is 12.3. The van der Waals surface area contributed by atoms with Gasteiger partial charge >= 0.3 is 0 Å². The Kier molecular flexibility index (Phi) is 5.80. The Morgan fingerprint density at radius 1 is 0.226 bits per heavy atom. The second-order valence-electron chi connectivity index (χ2n) is 14.6. The first kappa shape index (κ1) is 28.9. The molecular formula is C53H32. The lowest BCUT2D eigenvalue weighted by Gasteiger charge is -2.40. The van der Waals surface area contributed by atoms with Gasteiger partial charge in [-0.3, -0.25) is 0 Å². The molecule has 0 unspecified atom stereocenters. The molecule has 53 heavy (non-hydrogen) atoms. The molecule has 2 aliphatic carbocycles. The molecule has 0 amide bonds. The van der Waals surface area contributed by atoms with E-state index in [0.717, 1.165) is 0 Å². The third-order valence-corrected chi connectivity index (χ3v) is 12.3. The Labute approximate surface area is 308 Å². The van der Waals surface area contributed by atoms with Crippen LogP contribution in [0.5, 0.6) is 0 Å². The van der Waals surface area contributed by atoms with Crippen LogP contribution in [0.2, 0.25) is 0 Å². The fraction of sp³-hybridized carbons (Fsp3) is 0.0189. The van der Waals surface area contributed by atoms with E-state index < -0.39 is 5.41 Å². The quantitative estimate of drug-likeness (QED) is 0.161. The van der Waals surface area contributed by atoms with Gasteiger partial charge in [0, 0.05) is 0 Å². The molecule has 0 nitrogen and oxygen atoms in total. The summed E-state index contributed by atoms with van der Waals surface area (Å²) in [6.07, 6.45) is 0. The van der Waals surface area contributed by atoms with Gasteiger partial charge in [0.2, 0.25) is 0 Å². The second kappa shape index (κ2) is 10.6. The minimum atomic E-state index is -0.419. The van der Waals surface area contributed by atoms with E-state index in [-0.39, 0.29) is 0 Å². The molecule has 12 rings (SSSR count). The van der Waals surface area contributed by atoms with Crippen molar-refractivity contribution in [3.05, 3.63) is 216 Å². The van der Waals surface area contributed by atoms with E-state index in [1.54, 1.807) is 0 Å². The fourth-order valence-electron chi connectivity index (χ4n) is 10.3. The number of benzene rings is 10. The summed E-state index contributed by atoms with van der Waals surface area (Å²) >= 11 is 0. The SMILES string of the molecule is c1ccc2c(c1)-c1ccccc1C21c2ccccc2-c2ccc(-c3c4ccccc4c(-c4cccc5ccccc45)c4ccccc34)c3cccc1c23. The fourth-order valence-corrected chi connectivity index (χ4v) is 10.3. The lowest BCUT2D eigenvalue weighted by Crippen LogP contribution is -2.31. The van der Waals surface area contributed by atoms with E-state index in [9.17, 15) is 0 Å². The molecule has 10 aromatic rings. The number of hydrogen-bond acceptors (Lipinski definition) is 0. The maximum Gasteiger partial charge on any atom is 0.0725 e. The Morgan fingerprint density at radius 3 is 1.17 bits per heavy atom. The molecule has 0 heterocycles. The predicted molar refractivity (Wildman–Crippen MR) is 224 cm³/mol. The summed E-state index contributed by atoms with van der Waals surface area (Å²) in [5.41, 5.74) is 15.5. The molecule has 0 bridgehead atoms. The van der Waals surface area contributed by atoms with Crippen LogP contribution in [0.25, 0.3) is 87.6 Å².